The highest BCUT2D eigenvalue weighted by Gasteiger charge is 2.34. The summed E-state index contributed by atoms with van der Waals surface area (Å²) in [5.74, 6) is 1.06. The van der Waals surface area contributed by atoms with Gasteiger partial charge in [-0.1, -0.05) is 0 Å². The minimum atomic E-state index is 0.0643. The number of rotatable bonds is 4. The van der Waals surface area contributed by atoms with Crippen molar-refractivity contribution in [1.29, 1.82) is 0 Å². The number of nitrogens with one attached hydrogen (secondary N) is 1. The van der Waals surface area contributed by atoms with Crippen LogP contribution in [0.4, 0.5) is 0 Å². The Labute approximate surface area is 137 Å². The smallest absolute Gasteiger partial charge is 0.240 e. The molecule has 1 amide bonds. The quantitative estimate of drug-likeness (QED) is 0.911. The highest BCUT2D eigenvalue weighted by atomic mass is 16.5. The van der Waals surface area contributed by atoms with Crippen LogP contribution in [-0.2, 0) is 20.8 Å². The molecule has 23 heavy (non-hydrogen) atoms. The van der Waals surface area contributed by atoms with Gasteiger partial charge in [0.25, 0.3) is 0 Å². The zero-order valence-electron chi connectivity index (χ0n) is 14.1. The molecule has 0 saturated carbocycles. The molecule has 2 aliphatic heterocycles. The van der Waals surface area contributed by atoms with E-state index in [9.17, 15) is 4.79 Å². The van der Waals surface area contributed by atoms with Gasteiger partial charge in [-0.15, -0.1) is 0 Å². The fourth-order valence-corrected chi connectivity index (χ4v) is 3.66. The monoisotopic (exact) mass is 321 g/mol. The van der Waals surface area contributed by atoms with Gasteiger partial charge >= 0.3 is 0 Å². The van der Waals surface area contributed by atoms with E-state index in [1.54, 1.807) is 6.33 Å². The van der Waals surface area contributed by atoms with E-state index >= 15 is 0 Å². The molecule has 0 aromatic carbocycles. The molecule has 6 nitrogen and oxygen atoms in total. The predicted octanol–water partition coefficient (Wildman–Crippen LogP) is 1.45. The Bertz CT molecular complexity index is 537. The first kappa shape index (κ1) is 16.5. The lowest BCUT2D eigenvalue weighted by Gasteiger charge is -2.39. The molecule has 0 bridgehead atoms. The molecule has 0 unspecified atom stereocenters. The van der Waals surface area contributed by atoms with E-state index in [4.69, 9.17) is 9.47 Å². The number of aryl methyl sites for hydroxylation is 1. The van der Waals surface area contributed by atoms with E-state index in [1.165, 1.54) is 0 Å². The second-order valence-electron chi connectivity index (χ2n) is 6.69. The Kier molecular flexibility index (Phi) is 5.33. The highest BCUT2D eigenvalue weighted by Crippen LogP contribution is 2.30. The van der Waals surface area contributed by atoms with Gasteiger partial charge in [0.2, 0.25) is 5.91 Å². The maximum atomic E-state index is 12.4. The molecule has 3 rings (SSSR count). The van der Waals surface area contributed by atoms with Gasteiger partial charge in [0, 0.05) is 37.5 Å². The maximum absolute atomic E-state index is 12.4. The topological polar surface area (TPSA) is 65.4 Å². The summed E-state index contributed by atoms with van der Waals surface area (Å²) in [5, 5.41) is 3.24. The number of ether oxygens (including phenoxy) is 2. The lowest BCUT2D eigenvalue weighted by Crippen LogP contribution is -2.49. The van der Waals surface area contributed by atoms with Crippen molar-refractivity contribution in [3.8, 4) is 0 Å². The van der Waals surface area contributed by atoms with Gasteiger partial charge in [0.15, 0.2) is 0 Å². The third kappa shape index (κ3) is 3.93. The molecule has 0 aliphatic carbocycles. The Morgan fingerprint density at radius 1 is 1.26 bits per heavy atom. The fraction of sp³-hybridized carbons (Fsp3) is 0.765. The van der Waals surface area contributed by atoms with Crippen LogP contribution in [0, 0.1) is 25.7 Å². The molecule has 2 atom stereocenters. The summed E-state index contributed by atoms with van der Waals surface area (Å²) in [6.07, 6.45) is 4.78. The summed E-state index contributed by atoms with van der Waals surface area (Å²) >= 11 is 0. The molecular weight excluding hydrogens is 294 g/mol. The lowest BCUT2D eigenvalue weighted by atomic mass is 9.79. The number of hydrogen-bond acceptors (Lipinski definition) is 4. The summed E-state index contributed by atoms with van der Waals surface area (Å²) in [5.41, 5.74) is 2.03. The van der Waals surface area contributed by atoms with Gasteiger partial charge in [-0.3, -0.25) is 4.79 Å². The van der Waals surface area contributed by atoms with Crippen molar-refractivity contribution >= 4 is 5.91 Å². The fourth-order valence-electron chi connectivity index (χ4n) is 3.66. The Morgan fingerprint density at radius 3 is 2.70 bits per heavy atom. The van der Waals surface area contributed by atoms with Crippen LogP contribution in [0.2, 0.25) is 0 Å². The molecule has 2 fully saturated rings. The SMILES string of the molecule is Cc1ncn(CC(=O)N[C@@H]2CCOC[C@@H]2C2CCOCC2)c1C. The van der Waals surface area contributed by atoms with Crippen molar-refractivity contribution in [1.82, 2.24) is 14.9 Å². The standard InChI is InChI=1S/C17H27N3O3/c1-12-13(2)20(11-18-12)9-17(21)19-16-5-8-23-10-15(16)14-3-6-22-7-4-14/h11,14-16H,3-10H2,1-2H3,(H,19,21)/t15-,16-/m1/s1. The predicted molar refractivity (Wildman–Crippen MR) is 86.1 cm³/mol. The van der Waals surface area contributed by atoms with Crippen LogP contribution in [-0.4, -0.2) is 47.9 Å². The van der Waals surface area contributed by atoms with Crippen LogP contribution < -0.4 is 5.32 Å². The van der Waals surface area contributed by atoms with Crippen LogP contribution in [0.3, 0.4) is 0 Å². The van der Waals surface area contributed by atoms with E-state index in [-0.39, 0.29) is 11.9 Å². The van der Waals surface area contributed by atoms with Gasteiger partial charge < -0.3 is 19.4 Å². The second kappa shape index (κ2) is 7.45. The van der Waals surface area contributed by atoms with Gasteiger partial charge in [-0.05, 0) is 39.0 Å². The zero-order chi connectivity index (χ0) is 16.2. The van der Waals surface area contributed by atoms with Crippen molar-refractivity contribution in [3.05, 3.63) is 17.7 Å². The first-order valence-corrected chi connectivity index (χ1v) is 8.58. The molecule has 6 heteroatoms. The van der Waals surface area contributed by atoms with Crippen LogP contribution in [0.5, 0.6) is 0 Å². The van der Waals surface area contributed by atoms with Crippen LogP contribution >= 0.6 is 0 Å². The van der Waals surface area contributed by atoms with Crippen molar-refractivity contribution in [2.24, 2.45) is 11.8 Å². The average Bonchev–Trinajstić information content (AvgIpc) is 2.88. The maximum Gasteiger partial charge on any atom is 0.240 e. The van der Waals surface area contributed by atoms with Crippen molar-refractivity contribution in [2.45, 2.75) is 45.7 Å². The van der Waals surface area contributed by atoms with E-state index in [1.807, 2.05) is 18.4 Å². The molecule has 0 radical (unpaired) electrons. The molecule has 2 saturated heterocycles. The molecular formula is C17H27N3O3. The van der Waals surface area contributed by atoms with E-state index in [2.05, 4.69) is 10.3 Å². The molecule has 2 aliphatic rings. The minimum absolute atomic E-state index is 0.0643. The normalized spacial score (nSPS) is 26.2. The van der Waals surface area contributed by atoms with E-state index in [0.717, 1.165) is 57.1 Å². The minimum Gasteiger partial charge on any atom is -0.381 e. The number of hydrogen-bond donors (Lipinski definition) is 1. The zero-order valence-corrected chi connectivity index (χ0v) is 14.1. The molecule has 3 heterocycles. The number of nitrogens with zero attached hydrogens (tertiary/aromatic N) is 2. The molecule has 1 aromatic heterocycles. The summed E-state index contributed by atoms with van der Waals surface area (Å²) in [4.78, 5) is 16.7. The second-order valence-corrected chi connectivity index (χ2v) is 6.69. The third-order valence-electron chi connectivity index (χ3n) is 5.28. The Morgan fingerprint density at radius 2 is 2.00 bits per heavy atom. The summed E-state index contributed by atoms with van der Waals surface area (Å²) in [6, 6.07) is 0.212. The molecule has 1 aromatic rings. The van der Waals surface area contributed by atoms with Crippen LogP contribution in [0.1, 0.15) is 30.7 Å². The van der Waals surface area contributed by atoms with Crippen LogP contribution in [0.25, 0.3) is 0 Å². The summed E-state index contributed by atoms with van der Waals surface area (Å²) < 4.78 is 13.1. The van der Waals surface area contributed by atoms with Crippen molar-refractivity contribution in [3.63, 3.8) is 0 Å². The largest absolute Gasteiger partial charge is 0.381 e. The van der Waals surface area contributed by atoms with Gasteiger partial charge in [-0.2, -0.15) is 0 Å². The number of amides is 1. The van der Waals surface area contributed by atoms with Crippen molar-refractivity contribution < 1.29 is 14.3 Å². The molecule has 0 spiro atoms. The summed E-state index contributed by atoms with van der Waals surface area (Å²) in [7, 11) is 0. The van der Waals surface area contributed by atoms with Gasteiger partial charge in [0.1, 0.15) is 6.54 Å². The lowest BCUT2D eigenvalue weighted by molar-refractivity contribution is -0.124. The number of aromatic nitrogens is 2. The highest BCUT2D eigenvalue weighted by molar-refractivity contribution is 5.76. The number of carbonyl (C=O) groups is 1. The third-order valence-corrected chi connectivity index (χ3v) is 5.28. The van der Waals surface area contributed by atoms with E-state index in [0.29, 0.717) is 18.4 Å². The molecule has 1 N–H and O–H groups in total. The van der Waals surface area contributed by atoms with Crippen molar-refractivity contribution in [2.75, 3.05) is 26.4 Å². The average molecular weight is 321 g/mol. The van der Waals surface area contributed by atoms with Gasteiger partial charge in [-0.25, -0.2) is 4.98 Å². The summed E-state index contributed by atoms with van der Waals surface area (Å²) in [6.45, 7) is 7.43. The van der Waals surface area contributed by atoms with Crippen LogP contribution in [0.15, 0.2) is 6.33 Å². The van der Waals surface area contributed by atoms with E-state index < -0.39 is 0 Å². The molecule has 128 valence electrons. The van der Waals surface area contributed by atoms with Gasteiger partial charge in [0.05, 0.1) is 18.6 Å². The first-order chi connectivity index (χ1) is 11.1. The number of imidazole rings is 1. The Balaban J connectivity index is 1.59. The first-order valence-electron chi connectivity index (χ1n) is 8.58. The number of carbonyl (C=O) groups excluding carboxylic acids is 1. The Hall–Kier alpha value is -1.40.